The summed E-state index contributed by atoms with van der Waals surface area (Å²) in [6.07, 6.45) is 3.28. The molecule has 0 aromatic heterocycles. The Morgan fingerprint density at radius 1 is 0.861 bits per heavy atom. The highest BCUT2D eigenvalue weighted by atomic mass is 35.5. The summed E-state index contributed by atoms with van der Waals surface area (Å²) in [5.74, 6) is -5.51. The van der Waals surface area contributed by atoms with Gasteiger partial charge in [0.15, 0.2) is 0 Å². The predicted molar refractivity (Wildman–Crippen MR) is 129 cm³/mol. The van der Waals surface area contributed by atoms with Crippen molar-refractivity contribution in [1.82, 2.24) is 6.15 Å². The number of hydrogen-bond donors (Lipinski definition) is 3. The molecule has 0 radical (unpaired) electrons. The lowest BCUT2D eigenvalue weighted by Crippen LogP contribution is -2.54. The Kier molecular flexibility index (Phi) is 9.99. The molecule has 0 heterocycles. The molecular weight excluding hydrogens is 506 g/mol. The number of aliphatic hydroxyl groups is 1. The molecule has 0 bridgehead atoms. The maximum Gasteiger partial charge on any atom is 0.326 e. The fourth-order valence-electron chi connectivity index (χ4n) is 5.61. The van der Waals surface area contributed by atoms with Gasteiger partial charge in [0.2, 0.25) is 11.8 Å². The highest BCUT2D eigenvalue weighted by Gasteiger charge is 2.62. The summed E-state index contributed by atoms with van der Waals surface area (Å²) in [7, 11) is 0. The van der Waals surface area contributed by atoms with Crippen molar-refractivity contribution < 1.29 is 42.1 Å². The van der Waals surface area contributed by atoms with Crippen LogP contribution in [0.2, 0.25) is 0 Å². The third-order valence-corrected chi connectivity index (χ3v) is 7.41. The maximum atomic E-state index is 12.7. The summed E-state index contributed by atoms with van der Waals surface area (Å²) in [6, 6.07) is 0. The number of aliphatic carboxylic acids is 1. The molecule has 4 saturated carbocycles. The van der Waals surface area contributed by atoms with Gasteiger partial charge in [0.1, 0.15) is 4.87 Å². The van der Waals surface area contributed by atoms with Crippen molar-refractivity contribution >= 4 is 23.5 Å². The molecule has 0 aliphatic heterocycles. The van der Waals surface area contributed by atoms with Crippen LogP contribution in [0, 0.1) is 28.1 Å². The first-order valence-electron chi connectivity index (χ1n) is 12.1. The lowest BCUT2D eigenvalue weighted by atomic mass is 9.50. The van der Waals surface area contributed by atoms with Crippen LogP contribution in [-0.2, 0) is 14.3 Å². The van der Waals surface area contributed by atoms with Gasteiger partial charge in [-0.05, 0) is 83.0 Å². The highest BCUT2D eigenvalue weighted by Crippen LogP contribution is 2.65. The first kappa shape index (κ1) is 32.9. The van der Waals surface area contributed by atoms with E-state index in [1.807, 2.05) is 0 Å². The van der Waals surface area contributed by atoms with Crippen LogP contribution < -0.4 is 6.15 Å². The number of carbonyl (C=O) groups is 2. The van der Waals surface area contributed by atoms with E-state index in [0.717, 1.165) is 25.7 Å². The van der Waals surface area contributed by atoms with Crippen LogP contribution in [0.15, 0.2) is 0 Å². The van der Waals surface area contributed by atoms with E-state index in [1.165, 1.54) is 0 Å². The summed E-state index contributed by atoms with van der Waals surface area (Å²) >= 11 is 5.79. The van der Waals surface area contributed by atoms with Gasteiger partial charge >= 0.3 is 11.9 Å². The van der Waals surface area contributed by atoms with Gasteiger partial charge in [0.25, 0.3) is 0 Å². The van der Waals surface area contributed by atoms with Gasteiger partial charge in [-0.2, -0.15) is 0 Å². The molecule has 4 aliphatic carbocycles. The smallest absolute Gasteiger partial charge is 0.326 e. The summed E-state index contributed by atoms with van der Waals surface area (Å²) in [4.78, 5) is 20.4. The van der Waals surface area contributed by atoms with Crippen LogP contribution in [0.25, 0.3) is 0 Å². The quantitative estimate of drug-likeness (QED) is 0.211. The number of hydrogen-bond acceptors (Lipinski definition) is 5. The minimum absolute atomic E-state index is 0. The fraction of sp³-hybridized carbons (Fsp3) is 0.920. The third-order valence-electron chi connectivity index (χ3n) is 7.26. The second-order valence-electron chi connectivity index (χ2n) is 12.8. The van der Waals surface area contributed by atoms with E-state index >= 15 is 0 Å². The number of rotatable bonds is 4. The number of carboxylic acid groups (broad SMARTS) is 1. The Labute approximate surface area is 216 Å². The van der Waals surface area contributed by atoms with E-state index in [9.17, 15) is 27.2 Å². The SMILES string of the molecule is CC(C)(C)C(=O)O.CC(C)(Cl)C(=O)OCC1CC2(C1)CC(F)(F)C2.N.OCC1CC2(C1)CC(F)(F)C2. The molecule has 0 saturated heterocycles. The Morgan fingerprint density at radius 2 is 1.19 bits per heavy atom. The monoisotopic (exact) mass is 547 g/mol. The zero-order chi connectivity index (χ0) is 27.1. The molecular formula is C25H42ClF4NO5. The van der Waals surface area contributed by atoms with Gasteiger partial charge in [-0.3, -0.25) is 9.59 Å². The Balaban J connectivity index is 0.000000294. The number of ether oxygens (including phenoxy) is 1. The van der Waals surface area contributed by atoms with Crippen LogP contribution in [-0.4, -0.2) is 52.1 Å². The van der Waals surface area contributed by atoms with Crippen LogP contribution in [0.3, 0.4) is 0 Å². The van der Waals surface area contributed by atoms with Gasteiger partial charge in [-0.25, -0.2) is 17.6 Å². The highest BCUT2D eigenvalue weighted by molar-refractivity contribution is 6.33. The molecule has 11 heteroatoms. The molecule has 0 unspecified atom stereocenters. The summed E-state index contributed by atoms with van der Waals surface area (Å²) < 4.78 is 55.4. The van der Waals surface area contributed by atoms with E-state index in [-0.39, 0.29) is 55.2 Å². The van der Waals surface area contributed by atoms with Crippen molar-refractivity contribution in [2.75, 3.05) is 13.2 Å². The topological polar surface area (TPSA) is 119 Å². The van der Waals surface area contributed by atoms with Gasteiger partial charge in [0.05, 0.1) is 12.0 Å². The van der Waals surface area contributed by atoms with Crippen molar-refractivity contribution in [1.29, 1.82) is 0 Å². The molecule has 5 N–H and O–H groups in total. The molecule has 36 heavy (non-hydrogen) atoms. The summed E-state index contributed by atoms with van der Waals surface area (Å²) in [5.41, 5.74) is -0.798. The molecule has 0 aromatic rings. The van der Waals surface area contributed by atoms with Crippen LogP contribution >= 0.6 is 11.6 Å². The van der Waals surface area contributed by atoms with Crippen molar-refractivity contribution in [3.05, 3.63) is 0 Å². The van der Waals surface area contributed by atoms with Crippen LogP contribution in [0.4, 0.5) is 17.6 Å². The molecule has 4 aliphatic rings. The zero-order valence-electron chi connectivity index (χ0n) is 21.9. The van der Waals surface area contributed by atoms with Gasteiger partial charge in [-0.1, -0.05) is 0 Å². The molecule has 2 spiro atoms. The zero-order valence-corrected chi connectivity index (χ0v) is 22.7. The van der Waals surface area contributed by atoms with Gasteiger partial charge in [-0.15, -0.1) is 11.6 Å². The minimum Gasteiger partial charge on any atom is -0.481 e. The van der Waals surface area contributed by atoms with Crippen LogP contribution in [0.1, 0.15) is 86.0 Å². The average molecular weight is 548 g/mol. The first-order valence-corrected chi connectivity index (χ1v) is 12.5. The largest absolute Gasteiger partial charge is 0.481 e. The second-order valence-corrected chi connectivity index (χ2v) is 13.7. The standard InChI is InChI=1S/C12H17ClF2O2.C8H12F2O.C5H10O2.H3N/c1-10(2,13)9(16)17-5-8-3-11(4-8)6-12(14,15)7-11;9-8(10)4-7(5-8)1-6(2-7)3-11;1-5(2,3)4(6)7;/h8H,3-7H2,1-2H3;6,11H,1-5H2;1-3H3,(H,6,7);1H3. The molecule has 4 rings (SSSR count). The summed E-state index contributed by atoms with van der Waals surface area (Å²) in [5, 5.41) is 16.9. The summed E-state index contributed by atoms with van der Waals surface area (Å²) in [6.45, 7) is 8.62. The van der Waals surface area contributed by atoms with E-state index in [4.69, 9.17) is 26.6 Å². The lowest BCUT2D eigenvalue weighted by Gasteiger charge is -2.57. The van der Waals surface area contributed by atoms with Crippen molar-refractivity contribution in [3.8, 4) is 0 Å². The second kappa shape index (κ2) is 10.9. The van der Waals surface area contributed by atoms with E-state index < -0.39 is 34.1 Å². The van der Waals surface area contributed by atoms with E-state index in [0.29, 0.717) is 12.5 Å². The average Bonchev–Trinajstić information content (AvgIpc) is 2.57. The van der Waals surface area contributed by atoms with E-state index in [2.05, 4.69) is 0 Å². The number of carbonyl (C=O) groups excluding carboxylic acids is 1. The molecule has 0 amide bonds. The molecule has 6 nitrogen and oxygen atoms in total. The molecule has 0 atom stereocenters. The lowest BCUT2D eigenvalue weighted by molar-refractivity contribution is -0.213. The molecule has 0 aromatic carbocycles. The first-order chi connectivity index (χ1) is 15.6. The number of halogens is 5. The number of esters is 1. The third kappa shape index (κ3) is 8.72. The number of carboxylic acids is 1. The van der Waals surface area contributed by atoms with Crippen molar-refractivity contribution in [2.24, 2.45) is 28.1 Å². The Hall–Kier alpha value is -1.13. The van der Waals surface area contributed by atoms with Crippen molar-refractivity contribution in [3.63, 3.8) is 0 Å². The molecule has 4 fully saturated rings. The minimum atomic E-state index is -2.46. The predicted octanol–water partition coefficient (Wildman–Crippen LogP) is 6.46. The number of aliphatic hydroxyl groups excluding tert-OH is 1. The van der Waals surface area contributed by atoms with Gasteiger partial charge < -0.3 is 21.1 Å². The number of alkyl halides is 5. The molecule has 212 valence electrons. The van der Waals surface area contributed by atoms with Crippen LogP contribution in [0.5, 0.6) is 0 Å². The van der Waals surface area contributed by atoms with Gasteiger partial charge in [0, 0.05) is 32.3 Å². The Morgan fingerprint density at radius 3 is 1.44 bits per heavy atom. The maximum absolute atomic E-state index is 12.7. The Bertz CT molecular complexity index is 762. The van der Waals surface area contributed by atoms with Crippen molar-refractivity contribution in [2.45, 2.75) is 103 Å². The normalized spacial score (nSPS) is 24.6. The fourth-order valence-corrected chi connectivity index (χ4v) is 5.66. The van der Waals surface area contributed by atoms with E-state index in [1.54, 1.807) is 34.6 Å².